The van der Waals surface area contributed by atoms with Gasteiger partial charge in [-0.15, -0.1) is 0 Å². The van der Waals surface area contributed by atoms with Gasteiger partial charge in [-0.2, -0.15) is 0 Å². The maximum absolute atomic E-state index is 12.3. The van der Waals surface area contributed by atoms with E-state index in [9.17, 15) is 9.59 Å². The minimum Gasteiger partial charge on any atom is -0.331 e. The monoisotopic (exact) mass is 240 g/mol. The second-order valence-electron chi connectivity index (χ2n) is 5.96. The Morgan fingerprint density at radius 3 is 2.53 bits per heavy atom. The zero-order valence-corrected chi connectivity index (χ0v) is 11.3. The average Bonchev–Trinajstić information content (AvgIpc) is 2.68. The summed E-state index contributed by atoms with van der Waals surface area (Å²) in [5, 5.41) is 0. The molecule has 1 aliphatic heterocycles. The molecule has 0 saturated carbocycles. The molecule has 4 heteroatoms. The lowest BCUT2D eigenvalue weighted by Crippen LogP contribution is -2.52. The first kappa shape index (κ1) is 14.2. The zero-order valence-electron chi connectivity index (χ0n) is 11.3. The van der Waals surface area contributed by atoms with Crippen LogP contribution in [0.25, 0.3) is 0 Å². The molecule has 2 N–H and O–H groups in total. The van der Waals surface area contributed by atoms with E-state index in [-0.39, 0.29) is 17.4 Å². The smallest absolute Gasteiger partial charge is 0.240 e. The Bertz CT molecular complexity index is 296. The molecule has 1 heterocycles. The molecule has 3 atom stereocenters. The minimum absolute atomic E-state index is 0.0921. The van der Waals surface area contributed by atoms with Gasteiger partial charge in [0.2, 0.25) is 5.91 Å². The van der Waals surface area contributed by atoms with Crippen molar-refractivity contribution in [2.45, 2.75) is 52.6 Å². The first-order valence-electron chi connectivity index (χ1n) is 6.34. The van der Waals surface area contributed by atoms with Crippen molar-refractivity contribution in [1.29, 1.82) is 0 Å². The lowest BCUT2D eigenvalue weighted by atomic mass is 9.86. The van der Waals surface area contributed by atoms with Gasteiger partial charge in [0.15, 0.2) is 0 Å². The highest BCUT2D eigenvalue weighted by Gasteiger charge is 2.40. The van der Waals surface area contributed by atoms with Crippen molar-refractivity contribution in [2.24, 2.45) is 17.1 Å². The molecule has 1 saturated heterocycles. The number of carbonyl (C=O) groups excluding carboxylic acids is 2. The highest BCUT2D eigenvalue weighted by Crippen LogP contribution is 2.28. The maximum atomic E-state index is 12.3. The number of aldehydes is 1. The fraction of sp³-hybridized carbons (Fsp3) is 0.846. The molecule has 0 unspecified atom stereocenters. The Labute approximate surface area is 104 Å². The van der Waals surface area contributed by atoms with E-state index in [2.05, 4.69) is 6.92 Å². The largest absolute Gasteiger partial charge is 0.331 e. The first-order valence-corrected chi connectivity index (χ1v) is 6.34. The second-order valence-corrected chi connectivity index (χ2v) is 5.96. The molecule has 0 spiro atoms. The van der Waals surface area contributed by atoms with Crippen LogP contribution >= 0.6 is 0 Å². The van der Waals surface area contributed by atoms with Crippen LogP contribution in [0, 0.1) is 11.3 Å². The van der Waals surface area contributed by atoms with Crippen molar-refractivity contribution in [2.75, 3.05) is 6.54 Å². The van der Waals surface area contributed by atoms with E-state index in [0.717, 1.165) is 19.1 Å². The van der Waals surface area contributed by atoms with Gasteiger partial charge in [0.25, 0.3) is 0 Å². The molecule has 0 aromatic rings. The highest BCUT2D eigenvalue weighted by atomic mass is 16.2. The molecule has 0 radical (unpaired) electrons. The molecule has 0 aromatic heterocycles. The van der Waals surface area contributed by atoms with E-state index in [1.807, 2.05) is 20.8 Å². The molecule has 4 nitrogen and oxygen atoms in total. The number of rotatable bonds is 3. The quantitative estimate of drug-likeness (QED) is 0.754. The highest BCUT2D eigenvalue weighted by molar-refractivity contribution is 5.85. The third kappa shape index (κ3) is 2.86. The lowest BCUT2D eigenvalue weighted by molar-refractivity contribution is -0.138. The summed E-state index contributed by atoms with van der Waals surface area (Å²) in [5.41, 5.74) is 5.70. The van der Waals surface area contributed by atoms with E-state index < -0.39 is 6.04 Å². The molecule has 0 aromatic carbocycles. The molecule has 98 valence electrons. The zero-order chi connectivity index (χ0) is 13.2. The van der Waals surface area contributed by atoms with E-state index in [1.54, 1.807) is 4.90 Å². The van der Waals surface area contributed by atoms with Crippen LogP contribution in [-0.4, -0.2) is 35.7 Å². The van der Waals surface area contributed by atoms with Crippen LogP contribution in [0.3, 0.4) is 0 Å². The fourth-order valence-electron chi connectivity index (χ4n) is 2.32. The van der Waals surface area contributed by atoms with Gasteiger partial charge in [-0.1, -0.05) is 34.1 Å². The predicted octanol–water partition coefficient (Wildman–Crippen LogP) is 1.19. The molecule has 17 heavy (non-hydrogen) atoms. The number of nitrogens with zero attached hydrogens (tertiary/aromatic N) is 1. The van der Waals surface area contributed by atoms with Gasteiger partial charge in [0.1, 0.15) is 6.29 Å². The number of carbonyl (C=O) groups is 2. The summed E-state index contributed by atoms with van der Waals surface area (Å²) >= 11 is 0. The van der Waals surface area contributed by atoms with Crippen LogP contribution in [0.1, 0.15) is 40.5 Å². The summed E-state index contributed by atoms with van der Waals surface area (Å²) in [5.74, 6) is 0.203. The molecular formula is C13H24N2O2. The van der Waals surface area contributed by atoms with Crippen LogP contribution in [0.4, 0.5) is 0 Å². The Morgan fingerprint density at radius 1 is 1.53 bits per heavy atom. The number of amides is 1. The lowest BCUT2D eigenvalue weighted by Gasteiger charge is -2.32. The van der Waals surface area contributed by atoms with E-state index in [0.29, 0.717) is 12.5 Å². The number of nitrogens with two attached hydrogens (primary N) is 1. The van der Waals surface area contributed by atoms with Crippen molar-refractivity contribution in [3.63, 3.8) is 0 Å². The van der Waals surface area contributed by atoms with Gasteiger partial charge in [0.05, 0.1) is 12.1 Å². The maximum Gasteiger partial charge on any atom is 0.240 e. The van der Waals surface area contributed by atoms with Gasteiger partial charge in [0, 0.05) is 6.54 Å². The Morgan fingerprint density at radius 2 is 2.12 bits per heavy atom. The molecule has 1 aliphatic rings. The normalized spacial score (nSPS) is 27.0. The van der Waals surface area contributed by atoms with Crippen molar-refractivity contribution in [1.82, 2.24) is 4.90 Å². The molecule has 1 fully saturated rings. The van der Waals surface area contributed by atoms with Gasteiger partial charge in [-0.05, 0) is 17.8 Å². The van der Waals surface area contributed by atoms with Crippen LogP contribution in [0.15, 0.2) is 0 Å². The van der Waals surface area contributed by atoms with Crippen LogP contribution in [0.2, 0.25) is 0 Å². The molecule has 0 aliphatic carbocycles. The topological polar surface area (TPSA) is 63.4 Å². The van der Waals surface area contributed by atoms with Crippen molar-refractivity contribution >= 4 is 12.2 Å². The summed E-state index contributed by atoms with van der Waals surface area (Å²) in [6.45, 7) is 8.54. The Kier molecular flexibility index (Phi) is 4.31. The Balaban J connectivity index is 2.80. The number of hydrogen-bond acceptors (Lipinski definition) is 3. The Hall–Kier alpha value is -0.900. The summed E-state index contributed by atoms with van der Waals surface area (Å²) in [4.78, 5) is 25.1. The molecular weight excluding hydrogens is 216 g/mol. The number of likely N-dealkylation sites (tertiary alicyclic amines) is 1. The van der Waals surface area contributed by atoms with Gasteiger partial charge >= 0.3 is 0 Å². The third-order valence-electron chi connectivity index (χ3n) is 3.73. The summed E-state index contributed by atoms with van der Waals surface area (Å²) in [6.07, 6.45) is 2.73. The molecule has 1 rings (SSSR count). The second kappa shape index (κ2) is 5.17. The van der Waals surface area contributed by atoms with Gasteiger partial charge in [-0.3, -0.25) is 4.79 Å². The molecule has 0 bridgehead atoms. The van der Waals surface area contributed by atoms with Crippen molar-refractivity contribution in [3.8, 4) is 0 Å². The van der Waals surface area contributed by atoms with E-state index in [1.165, 1.54) is 0 Å². The van der Waals surface area contributed by atoms with Crippen molar-refractivity contribution in [3.05, 3.63) is 0 Å². The van der Waals surface area contributed by atoms with E-state index in [4.69, 9.17) is 5.73 Å². The fourth-order valence-corrected chi connectivity index (χ4v) is 2.32. The summed E-state index contributed by atoms with van der Waals surface area (Å²) < 4.78 is 0. The SMILES string of the molecule is CC[C@@H]1CCN(C(=O)[C@@H](N)C(C)(C)C)[C@@H]1C=O. The first-order chi connectivity index (χ1) is 7.82. The van der Waals surface area contributed by atoms with Crippen LogP contribution in [0.5, 0.6) is 0 Å². The standard InChI is InChI=1S/C13H24N2O2/c1-5-9-6-7-15(10(9)8-16)12(17)11(14)13(2,3)4/h8-11H,5-7,14H2,1-4H3/t9-,10-,11-/m1/s1. The predicted molar refractivity (Wildman–Crippen MR) is 67.4 cm³/mol. The van der Waals surface area contributed by atoms with Gasteiger partial charge < -0.3 is 15.4 Å². The van der Waals surface area contributed by atoms with Gasteiger partial charge in [-0.25, -0.2) is 0 Å². The van der Waals surface area contributed by atoms with Crippen LogP contribution < -0.4 is 5.73 Å². The van der Waals surface area contributed by atoms with E-state index >= 15 is 0 Å². The average molecular weight is 240 g/mol. The molecule has 1 amide bonds. The summed E-state index contributed by atoms with van der Waals surface area (Å²) in [6, 6.07) is -0.818. The minimum atomic E-state index is -0.541. The van der Waals surface area contributed by atoms with Crippen molar-refractivity contribution < 1.29 is 9.59 Å². The third-order valence-corrected chi connectivity index (χ3v) is 3.73. The number of hydrogen-bond donors (Lipinski definition) is 1. The van der Waals surface area contributed by atoms with Crippen LogP contribution in [-0.2, 0) is 9.59 Å². The summed E-state index contributed by atoms with van der Waals surface area (Å²) in [7, 11) is 0.